The second kappa shape index (κ2) is 7.49. The van der Waals surface area contributed by atoms with Crippen LogP contribution in [0.4, 0.5) is 0 Å². The molecule has 0 aliphatic carbocycles. The molecule has 24 heavy (non-hydrogen) atoms. The zero-order valence-electron chi connectivity index (χ0n) is 14.1. The van der Waals surface area contributed by atoms with Gasteiger partial charge in [0.15, 0.2) is 0 Å². The molecule has 2 aromatic rings. The zero-order chi connectivity index (χ0) is 16.9. The van der Waals surface area contributed by atoms with Crippen LogP contribution < -0.4 is 10.5 Å². The van der Waals surface area contributed by atoms with Gasteiger partial charge in [0.1, 0.15) is 5.75 Å². The summed E-state index contributed by atoms with van der Waals surface area (Å²) in [4.78, 5) is 14.6. The second-order valence-electron chi connectivity index (χ2n) is 6.26. The third kappa shape index (κ3) is 3.60. The smallest absolute Gasteiger partial charge is 0.253 e. The van der Waals surface area contributed by atoms with E-state index in [0.717, 1.165) is 54.8 Å². The Labute approximate surface area is 143 Å². The van der Waals surface area contributed by atoms with Crippen LogP contribution in [0.25, 0.3) is 11.1 Å². The van der Waals surface area contributed by atoms with Gasteiger partial charge in [-0.1, -0.05) is 30.3 Å². The minimum atomic E-state index is 0.0932. The first kappa shape index (κ1) is 16.5. The lowest BCUT2D eigenvalue weighted by atomic mass is 10.0. The Morgan fingerprint density at radius 1 is 1.08 bits per heavy atom. The lowest BCUT2D eigenvalue weighted by Gasteiger charge is -2.20. The number of rotatable bonds is 3. The third-order valence-electron chi connectivity index (χ3n) is 4.61. The normalized spacial score (nSPS) is 18.1. The van der Waals surface area contributed by atoms with Crippen molar-refractivity contribution in [3.63, 3.8) is 0 Å². The topological polar surface area (TPSA) is 55.6 Å². The Morgan fingerprint density at radius 3 is 2.58 bits per heavy atom. The Hall–Kier alpha value is -2.33. The SMILES string of the molecule is COc1ccccc1-c1ccc(C(=O)N2CCCC(N)CC2)cc1. The van der Waals surface area contributed by atoms with Crippen molar-refractivity contribution >= 4 is 5.91 Å². The predicted octanol–water partition coefficient (Wildman–Crippen LogP) is 3.32. The van der Waals surface area contributed by atoms with Gasteiger partial charge in [-0.15, -0.1) is 0 Å². The summed E-state index contributed by atoms with van der Waals surface area (Å²) in [5.74, 6) is 0.925. The molecule has 1 amide bonds. The van der Waals surface area contributed by atoms with E-state index < -0.39 is 0 Å². The van der Waals surface area contributed by atoms with Crippen LogP contribution in [0.2, 0.25) is 0 Å². The van der Waals surface area contributed by atoms with Crippen LogP contribution in [0.3, 0.4) is 0 Å². The molecule has 1 atom stereocenters. The summed E-state index contributed by atoms with van der Waals surface area (Å²) < 4.78 is 5.41. The molecule has 1 fully saturated rings. The molecular weight excluding hydrogens is 300 g/mol. The first-order valence-electron chi connectivity index (χ1n) is 8.47. The molecule has 4 nitrogen and oxygen atoms in total. The number of nitrogens with two attached hydrogens (primary N) is 1. The van der Waals surface area contributed by atoms with Crippen molar-refractivity contribution in [1.82, 2.24) is 4.90 Å². The van der Waals surface area contributed by atoms with Crippen LogP contribution >= 0.6 is 0 Å². The number of benzene rings is 2. The second-order valence-corrected chi connectivity index (χ2v) is 6.26. The number of para-hydroxylation sites is 1. The molecule has 0 aromatic heterocycles. The summed E-state index contributed by atoms with van der Waals surface area (Å²) in [6, 6.07) is 15.9. The first-order valence-corrected chi connectivity index (χ1v) is 8.47. The molecule has 2 N–H and O–H groups in total. The molecule has 2 aromatic carbocycles. The van der Waals surface area contributed by atoms with E-state index in [9.17, 15) is 4.79 Å². The van der Waals surface area contributed by atoms with Crippen molar-refractivity contribution < 1.29 is 9.53 Å². The van der Waals surface area contributed by atoms with E-state index in [0.29, 0.717) is 0 Å². The number of amides is 1. The minimum Gasteiger partial charge on any atom is -0.496 e. The minimum absolute atomic E-state index is 0.0932. The summed E-state index contributed by atoms with van der Waals surface area (Å²) >= 11 is 0. The maximum atomic E-state index is 12.7. The van der Waals surface area contributed by atoms with Gasteiger partial charge in [-0.2, -0.15) is 0 Å². The molecule has 1 aliphatic rings. The number of carbonyl (C=O) groups excluding carboxylic acids is 1. The van der Waals surface area contributed by atoms with E-state index in [1.807, 2.05) is 53.4 Å². The Balaban J connectivity index is 1.78. The summed E-state index contributed by atoms with van der Waals surface area (Å²) in [6.45, 7) is 1.54. The highest BCUT2D eigenvalue weighted by atomic mass is 16.5. The quantitative estimate of drug-likeness (QED) is 0.942. The van der Waals surface area contributed by atoms with E-state index in [1.165, 1.54) is 0 Å². The molecule has 4 heteroatoms. The van der Waals surface area contributed by atoms with Gasteiger partial charge in [-0.05, 0) is 43.0 Å². The van der Waals surface area contributed by atoms with Crippen molar-refractivity contribution in [2.45, 2.75) is 25.3 Å². The van der Waals surface area contributed by atoms with Crippen molar-refractivity contribution in [2.24, 2.45) is 5.73 Å². The largest absolute Gasteiger partial charge is 0.496 e. The highest BCUT2D eigenvalue weighted by molar-refractivity contribution is 5.94. The number of nitrogens with zero attached hydrogens (tertiary/aromatic N) is 1. The van der Waals surface area contributed by atoms with Gasteiger partial charge in [-0.3, -0.25) is 4.79 Å². The number of hydrogen-bond donors (Lipinski definition) is 1. The molecule has 1 unspecified atom stereocenters. The summed E-state index contributed by atoms with van der Waals surface area (Å²) in [7, 11) is 1.67. The molecule has 1 aliphatic heterocycles. The van der Waals surface area contributed by atoms with Gasteiger partial charge in [-0.25, -0.2) is 0 Å². The molecule has 0 spiro atoms. The van der Waals surface area contributed by atoms with Gasteiger partial charge in [0.2, 0.25) is 0 Å². The van der Waals surface area contributed by atoms with Gasteiger partial charge in [0.05, 0.1) is 7.11 Å². The Kier molecular flexibility index (Phi) is 5.16. The van der Waals surface area contributed by atoms with E-state index in [-0.39, 0.29) is 11.9 Å². The first-order chi connectivity index (χ1) is 11.7. The highest BCUT2D eigenvalue weighted by Gasteiger charge is 2.20. The number of hydrogen-bond acceptors (Lipinski definition) is 3. The highest BCUT2D eigenvalue weighted by Crippen LogP contribution is 2.29. The monoisotopic (exact) mass is 324 g/mol. The standard InChI is InChI=1S/C20H24N2O2/c1-24-19-7-3-2-6-18(19)15-8-10-16(11-9-15)20(23)22-13-4-5-17(21)12-14-22/h2-3,6-11,17H,4-5,12-14,21H2,1H3. The van der Waals surface area contributed by atoms with Crippen LogP contribution in [0, 0.1) is 0 Å². The number of likely N-dealkylation sites (tertiary alicyclic amines) is 1. The maximum Gasteiger partial charge on any atom is 0.253 e. The molecule has 1 heterocycles. The van der Waals surface area contributed by atoms with E-state index in [4.69, 9.17) is 10.5 Å². The molecule has 0 saturated carbocycles. The molecule has 0 radical (unpaired) electrons. The number of ether oxygens (including phenoxy) is 1. The van der Waals surface area contributed by atoms with Crippen LogP contribution in [0.5, 0.6) is 5.75 Å². The van der Waals surface area contributed by atoms with E-state index >= 15 is 0 Å². The number of carbonyl (C=O) groups is 1. The zero-order valence-corrected chi connectivity index (χ0v) is 14.1. The van der Waals surface area contributed by atoms with Crippen LogP contribution in [0.1, 0.15) is 29.6 Å². The van der Waals surface area contributed by atoms with Gasteiger partial charge < -0.3 is 15.4 Å². The predicted molar refractivity (Wildman–Crippen MR) is 96.2 cm³/mol. The third-order valence-corrected chi connectivity index (χ3v) is 4.61. The molecule has 0 bridgehead atoms. The van der Waals surface area contributed by atoms with E-state index in [2.05, 4.69) is 0 Å². The lowest BCUT2D eigenvalue weighted by Crippen LogP contribution is -2.32. The summed E-state index contributed by atoms with van der Waals surface area (Å²) in [5, 5.41) is 0. The Morgan fingerprint density at radius 2 is 1.83 bits per heavy atom. The fourth-order valence-electron chi connectivity index (χ4n) is 3.18. The Bertz CT molecular complexity index is 697. The van der Waals surface area contributed by atoms with E-state index in [1.54, 1.807) is 7.11 Å². The lowest BCUT2D eigenvalue weighted by molar-refractivity contribution is 0.0761. The van der Waals surface area contributed by atoms with Gasteiger partial charge in [0.25, 0.3) is 5.91 Å². The maximum absolute atomic E-state index is 12.7. The fourth-order valence-corrected chi connectivity index (χ4v) is 3.18. The van der Waals surface area contributed by atoms with Crippen molar-refractivity contribution in [1.29, 1.82) is 0 Å². The van der Waals surface area contributed by atoms with Crippen LogP contribution in [-0.2, 0) is 0 Å². The number of methoxy groups -OCH3 is 1. The molecule has 1 saturated heterocycles. The molecular formula is C20H24N2O2. The van der Waals surface area contributed by atoms with Crippen molar-refractivity contribution in [3.8, 4) is 16.9 Å². The molecule has 3 rings (SSSR count). The average molecular weight is 324 g/mol. The van der Waals surface area contributed by atoms with Gasteiger partial charge in [0, 0.05) is 30.3 Å². The molecule has 126 valence electrons. The van der Waals surface area contributed by atoms with Crippen molar-refractivity contribution in [3.05, 3.63) is 54.1 Å². The van der Waals surface area contributed by atoms with Gasteiger partial charge >= 0.3 is 0 Å². The summed E-state index contributed by atoms with van der Waals surface area (Å²) in [5.41, 5.74) is 8.79. The average Bonchev–Trinajstić information content (AvgIpc) is 2.86. The summed E-state index contributed by atoms with van der Waals surface area (Å²) in [6.07, 6.45) is 2.85. The van der Waals surface area contributed by atoms with Crippen LogP contribution in [0.15, 0.2) is 48.5 Å². The van der Waals surface area contributed by atoms with Crippen molar-refractivity contribution in [2.75, 3.05) is 20.2 Å². The fraction of sp³-hybridized carbons (Fsp3) is 0.350. The van der Waals surface area contributed by atoms with Crippen LogP contribution in [-0.4, -0.2) is 37.0 Å².